The number of fused-ring (bicyclic) bond motifs is 1. The lowest BCUT2D eigenvalue weighted by Gasteiger charge is -2.51. The maximum atomic E-state index is 6.34. The molecule has 2 aliphatic rings. The molecule has 0 aliphatic carbocycles. The van der Waals surface area contributed by atoms with Crippen molar-refractivity contribution in [2.75, 3.05) is 19.8 Å². The highest BCUT2D eigenvalue weighted by Gasteiger charge is 2.50. The summed E-state index contributed by atoms with van der Waals surface area (Å²) in [6, 6.07) is 6.46. The molecular weight excluding hydrogens is 214 g/mol. The zero-order valence-electron chi connectivity index (χ0n) is 10.5. The van der Waals surface area contributed by atoms with E-state index in [2.05, 4.69) is 32.0 Å². The summed E-state index contributed by atoms with van der Waals surface area (Å²) in [5, 5.41) is 0. The van der Waals surface area contributed by atoms with Crippen LogP contribution in [-0.2, 0) is 16.6 Å². The lowest BCUT2D eigenvalue weighted by atomic mass is 9.65. The third kappa shape index (κ3) is 1.49. The van der Waals surface area contributed by atoms with E-state index in [9.17, 15) is 0 Å². The summed E-state index contributed by atoms with van der Waals surface area (Å²) in [5.41, 5.74) is 8.64. The molecule has 17 heavy (non-hydrogen) atoms. The summed E-state index contributed by atoms with van der Waals surface area (Å²) in [6.45, 7) is 6.40. The molecule has 0 radical (unpaired) electrons. The SMILES string of the molecule is CC(C)(N)C1(c2ccc3c(c2)CCO3)COC1. The molecule has 1 aromatic carbocycles. The Morgan fingerprint density at radius 2 is 2.06 bits per heavy atom. The van der Waals surface area contributed by atoms with Crippen molar-refractivity contribution in [3.05, 3.63) is 29.3 Å². The fourth-order valence-electron chi connectivity index (χ4n) is 2.70. The lowest BCUT2D eigenvalue weighted by Crippen LogP contribution is -2.64. The quantitative estimate of drug-likeness (QED) is 0.844. The van der Waals surface area contributed by atoms with Crippen LogP contribution in [0.5, 0.6) is 5.75 Å². The highest BCUT2D eigenvalue weighted by Crippen LogP contribution is 2.42. The number of hydrogen-bond donors (Lipinski definition) is 1. The van der Waals surface area contributed by atoms with Crippen molar-refractivity contribution in [2.24, 2.45) is 5.73 Å². The van der Waals surface area contributed by atoms with Gasteiger partial charge in [-0.05, 0) is 31.0 Å². The van der Waals surface area contributed by atoms with E-state index >= 15 is 0 Å². The van der Waals surface area contributed by atoms with Gasteiger partial charge in [0.25, 0.3) is 0 Å². The summed E-state index contributed by atoms with van der Waals surface area (Å²) in [4.78, 5) is 0. The second kappa shape index (κ2) is 3.47. The summed E-state index contributed by atoms with van der Waals surface area (Å²) in [7, 11) is 0. The third-order valence-corrected chi connectivity index (χ3v) is 4.17. The van der Waals surface area contributed by atoms with Gasteiger partial charge in [0.05, 0.1) is 25.2 Å². The summed E-state index contributed by atoms with van der Waals surface area (Å²) in [5.74, 6) is 1.03. The van der Waals surface area contributed by atoms with Crippen molar-refractivity contribution in [3.8, 4) is 5.75 Å². The molecule has 0 spiro atoms. The van der Waals surface area contributed by atoms with Gasteiger partial charge in [-0.15, -0.1) is 0 Å². The number of hydrogen-bond acceptors (Lipinski definition) is 3. The minimum Gasteiger partial charge on any atom is -0.493 e. The molecule has 1 saturated heterocycles. The van der Waals surface area contributed by atoms with E-state index in [0.29, 0.717) is 0 Å². The molecule has 0 bridgehead atoms. The Bertz CT molecular complexity index is 444. The first-order valence-electron chi connectivity index (χ1n) is 6.16. The van der Waals surface area contributed by atoms with Crippen molar-refractivity contribution < 1.29 is 9.47 Å². The molecular formula is C14H19NO2. The average Bonchev–Trinajstić information content (AvgIpc) is 2.60. The molecule has 0 aromatic heterocycles. The number of nitrogens with two attached hydrogens (primary N) is 1. The Morgan fingerprint density at radius 1 is 1.29 bits per heavy atom. The van der Waals surface area contributed by atoms with Gasteiger partial charge in [-0.25, -0.2) is 0 Å². The van der Waals surface area contributed by atoms with Gasteiger partial charge in [0.15, 0.2) is 0 Å². The highest BCUT2D eigenvalue weighted by molar-refractivity contribution is 5.44. The van der Waals surface area contributed by atoms with Crippen LogP contribution in [0, 0.1) is 0 Å². The lowest BCUT2D eigenvalue weighted by molar-refractivity contribution is -0.0919. The van der Waals surface area contributed by atoms with E-state index in [1.807, 2.05) is 0 Å². The van der Waals surface area contributed by atoms with Crippen LogP contribution in [0.2, 0.25) is 0 Å². The Morgan fingerprint density at radius 3 is 2.65 bits per heavy atom. The Labute approximate surface area is 102 Å². The van der Waals surface area contributed by atoms with Crippen LogP contribution in [-0.4, -0.2) is 25.4 Å². The second-order valence-corrected chi connectivity index (χ2v) is 5.72. The van der Waals surface area contributed by atoms with E-state index in [4.69, 9.17) is 15.2 Å². The molecule has 0 atom stereocenters. The first-order valence-corrected chi connectivity index (χ1v) is 6.16. The summed E-state index contributed by atoms with van der Waals surface area (Å²) >= 11 is 0. The van der Waals surface area contributed by atoms with Crippen molar-refractivity contribution in [1.29, 1.82) is 0 Å². The van der Waals surface area contributed by atoms with E-state index < -0.39 is 0 Å². The van der Waals surface area contributed by atoms with Crippen molar-refractivity contribution >= 4 is 0 Å². The molecule has 2 aliphatic heterocycles. The highest BCUT2D eigenvalue weighted by atomic mass is 16.5. The zero-order chi connectivity index (χ0) is 12.1. The van der Waals surface area contributed by atoms with Crippen molar-refractivity contribution in [1.82, 2.24) is 0 Å². The molecule has 2 N–H and O–H groups in total. The van der Waals surface area contributed by atoms with Gasteiger partial charge in [0.1, 0.15) is 5.75 Å². The van der Waals surface area contributed by atoms with Gasteiger partial charge in [-0.3, -0.25) is 0 Å². The van der Waals surface area contributed by atoms with Crippen LogP contribution in [0.4, 0.5) is 0 Å². The fourth-order valence-corrected chi connectivity index (χ4v) is 2.70. The molecule has 1 aromatic rings. The molecule has 3 heteroatoms. The van der Waals surface area contributed by atoms with E-state index in [-0.39, 0.29) is 11.0 Å². The van der Waals surface area contributed by atoms with Crippen molar-refractivity contribution in [2.45, 2.75) is 31.2 Å². The molecule has 0 saturated carbocycles. The Hall–Kier alpha value is -1.06. The number of rotatable bonds is 2. The van der Waals surface area contributed by atoms with Crippen LogP contribution in [0.15, 0.2) is 18.2 Å². The van der Waals surface area contributed by atoms with Crippen LogP contribution in [0.25, 0.3) is 0 Å². The second-order valence-electron chi connectivity index (χ2n) is 5.72. The smallest absolute Gasteiger partial charge is 0.122 e. The fraction of sp³-hybridized carbons (Fsp3) is 0.571. The van der Waals surface area contributed by atoms with Gasteiger partial charge in [-0.1, -0.05) is 12.1 Å². The predicted octanol–water partition coefficient (Wildman–Crippen LogP) is 1.63. The number of benzene rings is 1. The zero-order valence-corrected chi connectivity index (χ0v) is 10.5. The summed E-state index contributed by atoms with van der Waals surface area (Å²) in [6.07, 6.45) is 1.01. The van der Waals surface area contributed by atoms with E-state index in [0.717, 1.165) is 32.0 Å². The topological polar surface area (TPSA) is 44.5 Å². The van der Waals surface area contributed by atoms with Gasteiger partial charge in [0, 0.05) is 12.0 Å². The molecule has 3 rings (SSSR count). The first kappa shape index (κ1) is 11.1. The van der Waals surface area contributed by atoms with E-state index in [1.54, 1.807) is 0 Å². The van der Waals surface area contributed by atoms with Crippen LogP contribution in [0.3, 0.4) is 0 Å². The molecule has 0 unspecified atom stereocenters. The molecule has 92 valence electrons. The summed E-state index contributed by atoms with van der Waals surface area (Å²) < 4.78 is 11.0. The Balaban J connectivity index is 2.03. The maximum absolute atomic E-state index is 6.34. The van der Waals surface area contributed by atoms with Crippen molar-refractivity contribution in [3.63, 3.8) is 0 Å². The first-order chi connectivity index (χ1) is 8.03. The molecule has 2 heterocycles. The van der Waals surface area contributed by atoms with Gasteiger partial charge < -0.3 is 15.2 Å². The maximum Gasteiger partial charge on any atom is 0.122 e. The van der Waals surface area contributed by atoms with Crippen LogP contribution < -0.4 is 10.5 Å². The molecule has 3 nitrogen and oxygen atoms in total. The third-order valence-electron chi connectivity index (χ3n) is 4.17. The minimum absolute atomic E-state index is 0.0371. The predicted molar refractivity (Wildman–Crippen MR) is 66.4 cm³/mol. The standard InChI is InChI=1S/C14H19NO2/c1-13(2,15)14(8-16-9-14)11-3-4-12-10(7-11)5-6-17-12/h3-4,7H,5-6,8-9,15H2,1-2H3. The van der Waals surface area contributed by atoms with Gasteiger partial charge in [-0.2, -0.15) is 0 Å². The minimum atomic E-state index is -0.265. The van der Waals surface area contributed by atoms with Crippen LogP contribution >= 0.6 is 0 Å². The molecule has 1 fully saturated rings. The van der Waals surface area contributed by atoms with Gasteiger partial charge >= 0.3 is 0 Å². The number of ether oxygens (including phenoxy) is 2. The van der Waals surface area contributed by atoms with Crippen LogP contribution in [0.1, 0.15) is 25.0 Å². The average molecular weight is 233 g/mol. The normalized spacial score (nSPS) is 21.6. The van der Waals surface area contributed by atoms with Gasteiger partial charge in [0.2, 0.25) is 0 Å². The molecule has 0 amide bonds. The van der Waals surface area contributed by atoms with E-state index in [1.165, 1.54) is 11.1 Å². The monoisotopic (exact) mass is 233 g/mol. The largest absolute Gasteiger partial charge is 0.493 e. The Kier molecular flexibility index (Phi) is 2.25.